The van der Waals surface area contributed by atoms with Crippen molar-refractivity contribution in [2.24, 2.45) is 28.9 Å². The fourth-order valence-electron chi connectivity index (χ4n) is 19.0. The molecule has 1 saturated carbocycles. The number of aliphatic hydroxyl groups is 2. The number of unbranched alkanes of at least 4 members (excludes halogenated alkanes) is 2. The van der Waals surface area contributed by atoms with Crippen LogP contribution >= 0.6 is 0 Å². The van der Waals surface area contributed by atoms with Gasteiger partial charge in [0.2, 0.25) is 17.4 Å². The smallest absolute Gasteiger partial charge is 0.344 e. The van der Waals surface area contributed by atoms with Gasteiger partial charge in [0.15, 0.2) is 11.9 Å². The van der Waals surface area contributed by atoms with E-state index >= 15 is 4.79 Å². The van der Waals surface area contributed by atoms with Crippen LogP contribution in [0, 0.1) is 23.2 Å². The van der Waals surface area contributed by atoms with Gasteiger partial charge >= 0.3 is 23.9 Å². The van der Waals surface area contributed by atoms with Gasteiger partial charge in [0, 0.05) is 139 Å². The number of amides is 6. The van der Waals surface area contributed by atoms with Crippen molar-refractivity contribution in [2.75, 3.05) is 84.4 Å². The zero-order valence-corrected chi connectivity index (χ0v) is 58.5. The molecule has 24 heteroatoms. The minimum Gasteiger partial charge on any atom is -0.496 e. The van der Waals surface area contributed by atoms with Gasteiger partial charge in [0.05, 0.1) is 46.5 Å². The van der Waals surface area contributed by atoms with E-state index in [1.165, 1.54) is 33.3 Å². The number of piperidine rings is 1. The lowest BCUT2D eigenvalue weighted by Crippen LogP contribution is -2.81. The number of nitrogens with one attached hydrogen (secondary N) is 4. The number of esters is 3. The molecule has 7 heterocycles. The van der Waals surface area contributed by atoms with Crippen LogP contribution in [-0.2, 0) is 76.4 Å². The van der Waals surface area contributed by atoms with Crippen LogP contribution in [0.1, 0.15) is 140 Å². The number of H-pyrrole nitrogens is 1. The molecule has 6 amide bonds. The van der Waals surface area contributed by atoms with E-state index in [4.69, 9.17) is 24.7 Å². The topological polar surface area (TPSA) is 319 Å². The number of para-hydroxylation sites is 1. The Labute approximate surface area is 578 Å². The Morgan fingerprint density at radius 1 is 0.869 bits per heavy atom. The third-order valence-electron chi connectivity index (χ3n) is 23.1. The summed E-state index contributed by atoms with van der Waals surface area (Å²) in [6.07, 6.45) is 9.54. The number of carbonyl (C=O) groups is 9. The molecule has 24 nitrogen and oxygen atoms in total. The monoisotopic (exact) mass is 1360 g/mol. The van der Waals surface area contributed by atoms with Gasteiger partial charge in [-0.25, -0.2) is 9.59 Å². The van der Waals surface area contributed by atoms with Gasteiger partial charge < -0.3 is 65.2 Å². The van der Waals surface area contributed by atoms with E-state index in [1.807, 2.05) is 100 Å². The van der Waals surface area contributed by atoms with Crippen molar-refractivity contribution in [2.45, 2.75) is 171 Å². The largest absolute Gasteiger partial charge is 0.496 e. The number of hydrogen-bond donors (Lipinski definition) is 7. The predicted octanol–water partition coefficient (Wildman–Crippen LogP) is 6.29. The molecule has 7 aliphatic rings. The molecule has 0 radical (unpaired) electrons. The van der Waals surface area contributed by atoms with Crippen LogP contribution < -0.4 is 31.3 Å². The second-order valence-electron chi connectivity index (χ2n) is 29.3. The number of primary amides is 1. The molecule has 2 bridgehead atoms. The minimum atomic E-state index is -2.40. The van der Waals surface area contributed by atoms with E-state index in [2.05, 4.69) is 38.0 Å². The SMILES string of the molecule is CC[C@]1(O)C[C@H]2C[C@](C(=O)OC)(c3cc4c(cc3OC)N(C)[C@H]3[C@@](O)(C(=O)OC)[C@H](OC(C)=O)[C@]5(CC)C=CCN6CC[C@]43[C@@H]65)c3[nH]c4ccccc4c3CC[N@@+](Cc3ccc(NC(=O)[C@H](CCCNC(N)=O)CC(=O)[C@@H](NC(=O)CCCCCN4C(=O)C=CC4=O)C(C)C)cc3)(C2)C1. The maximum Gasteiger partial charge on any atom is 0.344 e. The summed E-state index contributed by atoms with van der Waals surface area (Å²) in [6.45, 7) is 12.5. The van der Waals surface area contributed by atoms with Crippen LogP contribution in [0.4, 0.5) is 16.2 Å². The van der Waals surface area contributed by atoms with Gasteiger partial charge in [-0.05, 0) is 106 Å². The first kappa shape index (κ1) is 71.8. The highest BCUT2D eigenvalue weighted by Crippen LogP contribution is 2.68. The Morgan fingerprint density at radius 2 is 1.60 bits per heavy atom. The summed E-state index contributed by atoms with van der Waals surface area (Å²) in [7, 11) is 6.03. The number of nitrogens with zero attached hydrogens (tertiary/aromatic N) is 4. The normalized spacial score (nSPS) is 28.7. The zero-order valence-electron chi connectivity index (χ0n) is 58.5. The van der Waals surface area contributed by atoms with Crippen LogP contribution in [0.15, 0.2) is 85.0 Å². The van der Waals surface area contributed by atoms with Crippen LogP contribution in [-0.4, -0.2) is 192 Å². The van der Waals surface area contributed by atoms with Crippen molar-refractivity contribution in [1.82, 2.24) is 25.4 Å². The number of carbonyl (C=O) groups excluding carboxylic acids is 9. The number of anilines is 2. The number of aromatic nitrogens is 1. The van der Waals surface area contributed by atoms with Crippen molar-refractivity contribution in [1.29, 1.82) is 0 Å². The molecule has 1 aromatic heterocycles. The summed E-state index contributed by atoms with van der Waals surface area (Å²) < 4.78 is 24.9. The zero-order chi connectivity index (χ0) is 71.1. The molecule has 2 saturated heterocycles. The highest BCUT2D eigenvalue weighted by molar-refractivity contribution is 6.13. The molecule has 4 aromatic rings. The summed E-state index contributed by atoms with van der Waals surface area (Å²) in [5.74, 6) is -5.02. The quantitative estimate of drug-likeness (QED) is 0.00906. The number of likely N-dealkylation sites (N-methyl/N-ethyl adjacent to an activating group) is 1. The van der Waals surface area contributed by atoms with Gasteiger partial charge in [-0.1, -0.05) is 76.6 Å². The van der Waals surface area contributed by atoms with Gasteiger partial charge in [-0.15, -0.1) is 0 Å². The Balaban J connectivity index is 0.909. The Hall–Kier alpha value is -8.45. The van der Waals surface area contributed by atoms with Gasteiger partial charge in [0.1, 0.15) is 29.9 Å². The molecule has 11 rings (SSSR count). The molecule has 3 fully saturated rings. The molecule has 532 valence electrons. The lowest BCUT2D eigenvalue weighted by molar-refractivity contribution is -0.954. The van der Waals surface area contributed by atoms with Crippen molar-refractivity contribution in [3.63, 3.8) is 0 Å². The molecular formula is C75H98N9O15+. The standard InChI is InChI=1S/C75H97N9O15/c1-10-71(94)40-48-41-74(68(91)97-8,54-38-53-56(39-58(54)96-7)81(6)66-73(53)31-35-82-33-18-30-72(11-2,65(73)82)67(99-46(5)85)75(66,95)69(92)98-9)63-52(51-20-14-15-21-55(51)79-63)29-36-84(43-48,44-71)42-47-23-25-50(26-24-47)78-64(90)49(19-17-32-77-70(76)93)37-57(86)62(45(3)4)80-59(87)22-13-12-16-34-83-60(88)27-28-61(83)89/h14-15,18,20-21,23-28,30,38-39,45,48-49,62,65-67,79,94-95H,10-13,16-17,19,22,29,31-37,40-44H2,1-9H3,(H4-,76,77,78,80,87,90,93)/p+1/t48-,49+,62-,65-,66+,67+,71-,72+,73+,74-,75-,84+/m0/s1. The number of ketones is 1. The first-order valence-corrected chi connectivity index (χ1v) is 35.1. The number of fused-ring (bicyclic) bond motifs is 6. The van der Waals surface area contributed by atoms with Crippen LogP contribution in [0.3, 0.4) is 0 Å². The maximum absolute atomic E-state index is 16.1. The molecule has 12 atom stereocenters. The molecule has 99 heavy (non-hydrogen) atoms. The molecule has 1 aliphatic carbocycles. The minimum absolute atomic E-state index is 0.124. The third-order valence-corrected chi connectivity index (χ3v) is 23.1. The van der Waals surface area contributed by atoms with Crippen LogP contribution in [0.5, 0.6) is 5.75 Å². The summed E-state index contributed by atoms with van der Waals surface area (Å²) in [5.41, 5.74) is 3.81. The lowest BCUT2D eigenvalue weighted by atomic mass is 9.47. The Bertz CT molecular complexity index is 3870. The summed E-state index contributed by atoms with van der Waals surface area (Å²) in [4.78, 5) is 131. The molecule has 3 aromatic carbocycles. The van der Waals surface area contributed by atoms with Gasteiger partial charge in [0.25, 0.3) is 11.8 Å². The van der Waals surface area contributed by atoms with Crippen molar-refractivity contribution in [3.8, 4) is 5.75 Å². The number of aromatic amines is 1. The second-order valence-corrected chi connectivity index (χ2v) is 29.3. The van der Waals surface area contributed by atoms with Crippen molar-refractivity contribution >= 4 is 75.6 Å². The average molecular weight is 1370 g/mol. The number of hydrogen-bond acceptors (Lipinski definition) is 17. The molecule has 6 aliphatic heterocycles. The highest BCUT2D eigenvalue weighted by atomic mass is 16.6. The lowest BCUT2D eigenvalue weighted by Gasteiger charge is -2.63. The number of methoxy groups -OCH3 is 3. The number of rotatable bonds is 26. The van der Waals surface area contributed by atoms with Crippen LogP contribution in [0.2, 0.25) is 0 Å². The number of benzene rings is 3. The third kappa shape index (κ3) is 12.8. The van der Waals surface area contributed by atoms with Crippen LogP contribution in [0.25, 0.3) is 10.9 Å². The molecule has 0 unspecified atom stereocenters. The predicted molar refractivity (Wildman–Crippen MR) is 369 cm³/mol. The van der Waals surface area contributed by atoms with E-state index < -0.39 is 87.4 Å². The van der Waals surface area contributed by atoms with Gasteiger partial charge in [-0.3, -0.25) is 43.4 Å². The first-order chi connectivity index (χ1) is 47.2. The van der Waals surface area contributed by atoms with E-state index in [0.717, 1.165) is 32.5 Å². The van der Waals surface area contributed by atoms with E-state index in [9.17, 15) is 48.6 Å². The summed E-state index contributed by atoms with van der Waals surface area (Å²) >= 11 is 0. The Kier molecular flexibility index (Phi) is 20.5. The van der Waals surface area contributed by atoms with Crippen molar-refractivity contribution in [3.05, 3.63) is 113 Å². The number of Topliss-reactive ketones (excluding diaryl/α,β-unsaturated/α-hetero) is 1. The van der Waals surface area contributed by atoms with E-state index in [-0.39, 0.29) is 74.1 Å². The number of nitrogens with two attached hydrogens (primary N) is 1. The molecular weight excluding hydrogens is 1270 g/mol. The second kappa shape index (κ2) is 28.3. The number of quaternary nitrogens is 1. The average Bonchev–Trinajstić information content (AvgIpc) is 1.50. The molecule has 8 N–H and O–H groups in total. The van der Waals surface area contributed by atoms with E-state index in [1.54, 1.807) is 7.11 Å². The fourth-order valence-corrected chi connectivity index (χ4v) is 19.0. The first-order valence-electron chi connectivity index (χ1n) is 35.1. The number of imide groups is 1. The molecule has 1 spiro atoms. The highest BCUT2D eigenvalue weighted by Gasteiger charge is 2.80. The Morgan fingerprint density at radius 3 is 2.26 bits per heavy atom. The summed E-state index contributed by atoms with van der Waals surface area (Å²) in [6, 6.07) is 16.5. The van der Waals surface area contributed by atoms with Gasteiger partial charge in [-0.2, -0.15) is 0 Å². The van der Waals surface area contributed by atoms with Crippen molar-refractivity contribution < 1.29 is 76.8 Å². The van der Waals surface area contributed by atoms with E-state index in [0.29, 0.717) is 130 Å². The number of ether oxygens (including phenoxy) is 4. The maximum atomic E-state index is 16.1. The summed E-state index contributed by atoms with van der Waals surface area (Å²) in [5, 5.41) is 36.1. The fraction of sp³-hybridized carbons (Fsp3) is 0.560. The number of urea groups is 1.